The smallest absolute Gasteiger partial charge is 0.336 e. The number of allylic oxidation sites excluding steroid dienone is 3. The maximum atomic E-state index is 11.2. The van der Waals surface area contributed by atoms with E-state index in [1.807, 2.05) is 38.1 Å². The molecule has 0 saturated heterocycles. The fourth-order valence-corrected chi connectivity index (χ4v) is 2.04. The van der Waals surface area contributed by atoms with E-state index in [4.69, 9.17) is 9.15 Å². The molecule has 0 aliphatic heterocycles. The van der Waals surface area contributed by atoms with Gasteiger partial charge in [0.1, 0.15) is 11.3 Å². The molecule has 4 heteroatoms. The largest absolute Gasteiger partial charge is 0.493 e. The summed E-state index contributed by atoms with van der Waals surface area (Å²) in [6.45, 7) is 6.10. The number of rotatable bonds is 6. The summed E-state index contributed by atoms with van der Waals surface area (Å²) in [6, 6.07) is 8.43. The van der Waals surface area contributed by atoms with Gasteiger partial charge in [-0.15, -0.1) is 0 Å². The zero-order valence-corrected chi connectivity index (χ0v) is 13.7. The molecule has 0 bridgehead atoms. The predicted molar refractivity (Wildman–Crippen MR) is 91.8 cm³/mol. The fraction of sp³-hybridized carbons (Fsp3) is 0.316. The number of fused-ring (bicyclic) bond motifs is 1. The van der Waals surface area contributed by atoms with E-state index in [1.165, 1.54) is 11.6 Å². The molecule has 2 rings (SSSR count). The molecule has 1 N–H and O–H groups in total. The van der Waals surface area contributed by atoms with Gasteiger partial charge in [0.15, 0.2) is 0 Å². The molecule has 0 saturated carbocycles. The van der Waals surface area contributed by atoms with Crippen LogP contribution in [0.2, 0.25) is 0 Å². The van der Waals surface area contributed by atoms with Crippen LogP contribution >= 0.6 is 0 Å². The van der Waals surface area contributed by atoms with Crippen molar-refractivity contribution in [2.75, 3.05) is 6.61 Å². The molecule has 1 heterocycles. The molecule has 0 radical (unpaired) electrons. The minimum Gasteiger partial charge on any atom is -0.493 e. The Hall–Kier alpha value is -2.33. The molecule has 4 nitrogen and oxygen atoms in total. The van der Waals surface area contributed by atoms with Crippen molar-refractivity contribution in [3.05, 3.63) is 64.6 Å². The van der Waals surface area contributed by atoms with Gasteiger partial charge in [0.25, 0.3) is 0 Å². The molecule has 0 fully saturated rings. The highest BCUT2D eigenvalue weighted by molar-refractivity contribution is 5.77. The monoisotopic (exact) mass is 314 g/mol. The second kappa shape index (κ2) is 7.29. The fourth-order valence-electron chi connectivity index (χ4n) is 2.04. The van der Waals surface area contributed by atoms with E-state index < -0.39 is 5.60 Å². The van der Waals surface area contributed by atoms with Crippen molar-refractivity contribution in [1.82, 2.24) is 0 Å². The SMILES string of the molecule is CC(C)=C/C=C/C(C)(O)CCOc1ccc2ccc(=O)oc2c1. The Morgan fingerprint density at radius 1 is 1.30 bits per heavy atom. The summed E-state index contributed by atoms with van der Waals surface area (Å²) in [7, 11) is 0. The average molecular weight is 314 g/mol. The van der Waals surface area contributed by atoms with Gasteiger partial charge in [0, 0.05) is 23.9 Å². The van der Waals surface area contributed by atoms with Crippen molar-refractivity contribution in [2.24, 2.45) is 0 Å². The topological polar surface area (TPSA) is 59.7 Å². The quantitative estimate of drug-likeness (QED) is 0.650. The number of benzene rings is 1. The van der Waals surface area contributed by atoms with Crippen LogP contribution in [0, 0.1) is 0 Å². The lowest BCUT2D eigenvalue weighted by Gasteiger charge is -2.19. The molecule has 1 aromatic carbocycles. The van der Waals surface area contributed by atoms with Gasteiger partial charge in [-0.05, 0) is 39.0 Å². The Morgan fingerprint density at radius 3 is 2.78 bits per heavy atom. The Balaban J connectivity index is 1.97. The van der Waals surface area contributed by atoms with Crippen molar-refractivity contribution >= 4 is 11.0 Å². The van der Waals surface area contributed by atoms with Gasteiger partial charge in [-0.25, -0.2) is 4.79 Å². The van der Waals surface area contributed by atoms with Crippen LogP contribution in [-0.2, 0) is 0 Å². The van der Waals surface area contributed by atoms with Crippen LogP contribution in [0.5, 0.6) is 5.75 Å². The first-order chi connectivity index (χ1) is 10.9. The predicted octanol–water partition coefficient (Wildman–Crippen LogP) is 3.84. The van der Waals surface area contributed by atoms with Crippen LogP contribution in [0.4, 0.5) is 0 Å². The molecule has 0 aliphatic rings. The van der Waals surface area contributed by atoms with E-state index in [0.29, 0.717) is 24.4 Å². The highest BCUT2D eigenvalue weighted by Gasteiger charge is 2.15. The third kappa shape index (κ3) is 5.42. The summed E-state index contributed by atoms with van der Waals surface area (Å²) in [5.41, 5.74) is 0.341. The van der Waals surface area contributed by atoms with Crippen LogP contribution in [0.3, 0.4) is 0 Å². The Labute approximate surface area is 135 Å². The van der Waals surface area contributed by atoms with E-state index in [0.717, 1.165) is 5.39 Å². The lowest BCUT2D eigenvalue weighted by molar-refractivity contribution is 0.0833. The van der Waals surface area contributed by atoms with Gasteiger partial charge >= 0.3 is 5.63 Å². The molecule has 0 amide bonds. The van der Waals surface area contributed by atoms with Gasteiger partial charge in [-0.3, -0.25) is 0 Å². The minimum atomic E-state index is -0.935. The summed E-state index contributed by atoms with van der Waals surface area (Å²) in [5.74, 6) is 0.607. The van der Waals surface area contributed by atoms with Gasteiger partial charge in [0.05, 0.1) is 12.2 Å². The molecule has 1 aromatic heterocycles. The standard InChI is InChI=1S/C19H22O4/c1-14(2)5-4-10-19(3,21)11-12-22-16-8-6-15-7-9-18(20)23-17(15)13-16/h4-10,13,21H,11-12H2,1-3H3/b10-4+. The van der Waals surface area contributed by atoms with Crippen LogP contribution in [-0.4, -0.2) is 17.3 Å². The van der Waals surface area contributed by atoms with E-state index in [1.54, 1.807) is 25.1 Å². The Morgan fingerprint density at radius 2 is 2.04 bits per heavy atom. The zero-order chi connectivity index (χ0) is 16.9. The van der Waals surface area contributed by atoms with Crippen LogP contribution in [0.25, 0.3) is 11.0 Å². The first-order valence-electron chi connectivity index (χ1n) is 7.58. The van der Waals surface area contributed by atoms with Gasteiger partial charge in [-0.2, -0.15) is 0 Å². The third-order valence-corrected chi connectivity index (χ3v) is 3.36. The molecular weight excluding hydrogens is 292 g/mol. The van der Waals surface area contributed by atoms with Crippen molar-refractivity contribution in [3.8, 4) is 5.75 Å². The van der Waals surface area contributed by atoms with Crippen LogP contribution in [0.15, 0.2) is 63.3 Å². The Bertz CT molecular complexity index is 777. The highest BCUT2D eigenvalue weighted by atomic mass is 16.5. The summed E-state index contributed by atoms with van der Waals surface area (Å²) in [6.07, 6.45) is 6.00. The van der Waals surface area contributed by atoms with Gasteiger partial charge in [0.2, 0.25) is 0 Å². The normalized spacial score (nSPS) is 13.9. The maximum absolute atomic E-state index is 11.2. The van der Waals surface area contributed by atoms with Crippen LogP contribution in [0.1, 0.15) is 27.2 Å². The van der Waals surface area contributed by atoms with E-state index in [2.05, 4.69) is 0 Å². The van der Waals surface area contributed by atoms with E-state index >= 15 is 0 Å². The molecule has 0 spiro atoms. The summed E-state index contributed by atoms with van der Waals surface area (Å²) < 4.78 is 10.8. The molecule has 1 atom stereocenters. The average Bonchev–Trinajstić information content (AvgIpc) is 2.46. The summed E-state index contributed by atoms with van der Waals surface area (Å²) in [4.78, 5) is 11.2. The third-order valence-electron chi connectivity index (χ3n) is 3.36. The second-order valence-electron chi connectivity index (χ2n) is 6.01. The lowest BCUT2D eigenvalue weighted by Crippen LogP contribution is -2.23. The Kier molecular flexibility index (Phi) is 5.40. The zero-order valence-electron chi connectivity index (χ0n) is 13.7. The molecule has 1 unspecified atom stereocenters. The highest BCUT2D eigenvalue weighted by Crippen LogP contribution is 2.20. The molecule has 23 heavy (non-hydrogen) atoms. The maximum Gasteiger partial charge on any atom is 0.336 e. The van der Waals surface area contributed by atoms with Crippen molar-refractivity contribution in [1.29, 1.82) is 0 Å². The summed E-state index contributed by atoms with van der Waals surface area (Å²) in [5, 5.41) is 11.1. The van der Waals surface area contributed by atoms with Gasteiger partial charge < -0.3 is 14.3 Å². The summed E-state index contributed by atoms with van der Waals surface area (Å²) >= 11 is 0. The molecular formula is C19H22O4. The number of aliphatic hydroxyl groups is 1. The number of hydrogen-bond acceptors (Lipinski definition) is 4. The minimum absolute atomic E-state index is 0.356. The first kappa shape index (κ1) is 17.0. The number of hydrogen-bond donors (Lipinski definition) is 1. The van der Waals surface area contributed by atoms with Crippen LogP contribution < -0.4 is 10.4 Å². The van der Waals surface area contributed by atoms with E-state index in [-0.39, 0.29) is 5.63 Å². The molecule has 0 aliphatic carbocycles. The van der Waals surface area contributed by atoms with Crippen molar-refractivity contribution < 1.29 is 14.3 Å². The number of ether oxygens (including phenoxy) is 1. The van der Waals surface area contributed by atoms with Gasteiger partial charge in [-0.1, -0.05) is 23.8 Å². The van der Waals surface area contributed by atoms with Crippen molar-refractivity contribution in [3.63, 3.8) is 0 Å². The lowest BCUT2D eigenvalue weighted by atomic mass is 10.0. The molecule has 122 valence electrons. The molecule has 2 aromatic rings. The van der Waals surface area contributed by atoms with Crippen molar-refractivity contribution in [2.45, 2.75) is 32.8 Å². The van der Waals surface area contributed by atoms with E-state index in [9.17, 15) is 9.90 Å². The second-order valence-corrected chi connectivity index (χ2v) is 6.01. The first-order valence-corrected chi connectivity index (χ1v) is 7.58.